The van der Waals surface area contributed by atoms with Crippen LogP contribution in [0.1, 0.15) is 30.1 Å². The Kier molecular flexibility index (Phi) is 9.69. The van der Waals surface area contributed by atoms with Crippen molar-refractivity contribution >= 4 is 29.9 Å². The van der Waals surface area contributed by atoms with Crippen LogP contribution in [0.3, 0.4) is 0 Å². The summed E-state index contributed by atoms with van der Waals surface area (Å²) in [4.78, 5) is 11.0. The first-order valence-electron chi connectivity index (χ1n) is 9.61. The van der Waals surface area contributed by atoms with Gasteiger partial charge in [0.1, 0.15) is 0 Å². The van der Waals surface area contributed by atoms with Crippen molar-refractivity contribution in [1.29, 1.82) is 0 Å². The number of guanidine groups is 1. The number of hydrogen-bond donors (Lipinski definition) is 1. The lowest BCUT2D eigenvalue weighted by Crippen LogP contribution is -2.40. The number of nitrogens with one attached hydrogen (secondary N) is 1. The van der Waals surface area contributed by atoms with Gasteiger partial charge in [0.05, 0.1) is 13.2 Å². The van der Waals surface area contributed by atoms with Gasteiger partial charge in [-0.25, -0.2) is 0 Å². The van der Waals surface area contributed by atoms with E-state index in [1.807, 2.05) is 32.2 Å². The fourth-order valence-electron chi connectivity index (χ4n) is 3.29. The average molecular weight is 499 g/mol. The minimum atomic E-state index is 0. The number of halogens is 1. The molecule has 0 bridgehead atoms. The summed E-state index contributed by atoms with van der Waals surface area (Å²) in [6.45, 7) is 6.14. The van der Waals surface area contributed by atoms with E-state index < -0.39 is 0 Å². The molecule has 0 saturated carbocycles. The predicted molar refractivity (Wildman–Crippen MR) is 120 cm³/mol. The normalized spacial score (nSPS) is 16.9. The summed E-state index contributed by atoms with van der Waals surface area (Å²) < 4.78 is 11.0. The van der Waals surface area contributed by atoms with E-state index in [4.69, 9.17) is 9.26 Å². The molecule has 2 heterocycles. The van der Waals surface area contributed by atoms with Crippen LogP contribution in [0.25, 0.3) is 0 Å². The second-order valence-corrected chi connectivity index (χ2v) is 6.91. The number of likely N-dealkylation sites (tertiary alicyclic amines) is 1. The molecule has 154 valence electrons. The van der Waals surface area contributed by atoms with Crippen molar-refractivity contribution in [2.24, 2.45) is 10.9 Å². The SMILES string of the molecule is CN=C(NCCCc1nc(C)no1)N1CCC(COCc2ccccc2)C1.I. The minimum Gasteiger partial charge on any atom is -0.376 e. The highest BCUT2D eigenvalue weighted by molar-refractivity contribution is 14.0. The van der Waals surface area contributed by atoms with E-state index in [0.29, 0.717) is 24.2 Å². The van der Waals surface area contributed by atoms with Crippen LogP contribution in [0.15, 0.2) is 39.8 Å². The summed E-state index contributed by atoms with van der Waals surface area (Å²) in [6.07, 6.45) is 2.84. The Bertz CT molecular complexity index is 722. The number of aliphatic imine (C=N–C) groups is 1. The quantitative estimate of drug-likeness (QED) is 0.261. The van der Waals surface area contributed by atoms with Crippen molar-refractivity contribution < 1.29 is 9.26 Å². The molecule has 1 fully saturated rings. The van der Waals surface area contributed by atoms with Gasteiger partial charge in [0.2, 0.25) is 5.89 Å². The van der Waals surface area contributed by atoms with Crippen LogP contribution >= 0.6 is 24.0 Å². The maximum absolute atomic E-state index is 5.90. The summed E-state index contributed by atoms with van der Waals surface area (Å²) in [5.74, 6) is 2.89. The lowest BCUT2D eigenvalue weighted by atomic mass is 10.1. The number of hydrogen-bond acceptors (Lipinski definition) is 5. The van der Waals surface area contributed by atoms with E-state index in [2.05, 4.69) is 37.5 Å². The Hall–Kier alpha value is -1.68. The van der Waals surface area contributed by atoms with Crippen molar-refractivity contribution in [3.8, 4) is 0 Å². The van der Waals surface area contributed by atoms with Gasteiger partial charge in [-0.05, 0) is 25.3 Å². The fraction of sp³-hybridized carbons (Fsp3) is 0.550. The number of benzene rings is 1. The number of nitrogens with zero attached hydrogens (tertiary/aromatic N) is 4. The van der Waals surface area contributed by atoms with Gasteiger partial charge in [0.15, 0.2) is 11.8 Å². The number of rotatable bonds is 8. The maximum Gasteiger partial charge on any atom is 0.226 e. The van der Waals surface area contributed by atoms with Gasteiger partial charge in [-0.3, -0.25) is 4.99 Å². The molecule has 3 rings (SSSR count). The zero-order valence-electron chi connectivity index (χ0n) is 16.6. The molecule has 1 saturated heterocycles. The molecular formula is C20H30IN5O2. The highest BCUT2D eigenvalue weighted by atomic mass is 127. The van der Waals surface area contributed by atoms with Crippen LogP contribution in [0.5, 0.6) is 0 Å². The van der Waals surface area contributed by atoms with Gasteiger partial charge in [0, 0.05) is 39.0 Å². The monoisotopic (exact) mass is 499 g/mol. The van der Waals surface area contributed by atoms with E-state index in [-0.39, 0.29) is 24.0 Å². The molecule has 1 unspecified atom stereocenters. The minimum absolute atomic E-state index is 0. The number of ether oxygens (including phenoxy) is 1. The van der Waals surface area contributed by atoms with Crippen molar-refractivity contribution in [1.82, 2.24) is 20.4 Å². The standard InChI is InChI=1S/C20H29N5O2.HI/c1-16-23-19(27-24-16)9-6-11-22-20(21-2)25-12-10-18(13-25)15-26-14-17-7-4-3-5-8-17;/h3-5,7-8,18H,6,9-15H2,1-2H3,(H,21,22);1H. The van der Waals surface area contributed by atoms with Gasteiger partial charge in [-0.15, -0.1) is 24.0 Å². The van der Waals surface area contributed by atoms with Gasteiger partial charge in [-0.1, -0.05) is 35.5 Å². The molecule has 0 radical (unpaired) electrons. The fourth-order valence-corrected chi connectivity index (χ4v) is 3.29. The van der Waals surface area contributed by atoms with E-state index >= 15 is 0 Å². The third-order valence-electron chi connectivity index (χ3n) is 4.68. The van der Waals surface area contributed by atoms with Gasteiger partial charge in [-0.2, -0.15) is 4.98 Å². The molecule has 0 spiro atoms. The first-order chi connectivity index (χ1) is 13.2. The Morgan fingerprint density at radius 1 is 1.36 bits per heavy atom. The molecule has 1 aromatic heterocycles. The molecule has 2 aromatic rings. The van der Waals surface area contributed by atoms with Crippen LogP contribution in [0.2, 0.25) is 0 Å². The van der Waals surface area contributed by atoms with Gasteiger partial charge in [0.25, 0.3) is 0 Å². The highest BCUT2D eigenvalue weighted by Gasteiger charge is 2.24. The second kappa shape index (κ2) is 12.0. The number of aromatic nitrogens is 2. The van der Waals surface area contributed by atoms with Crippen LogP contribution in [-0.2, 0) is 17.8 Å². The Balaban J connectivity index is 0.00000280. The molecule has 0 aliphatic carbocycles. The zero-order chi connectivity index (χ0) is 18.9. The molecule has 1 atom stereocenters. The summed E-state index contributed by atoms with van der Waals surface area (Å²) in [6, 6.07) is 10.3. The van der Waals surface area contributed by atoms with Crippen molar-refractivity contribution in [2.75, 3.05) is 33.3 Å². The van der Waals surface area contributed by atoms with Crippen molar-refractivity contribution in [2.45, 2.75) is 32.8 Å². The maximum atomic E-state index is 5.90. The Labute approximate surface area is 184 Å². The third-order valence-corrected chi connectivity index (χ3v) is 4.68. The third kappa shape index (κ3) is 7.05. The molecule has 1 aromatic carbocycles. The highest BCUT2D eigenvalue weighted by Crippen LogP contribution is 2.17. The van der Waals surface area contributed by atoms with Crippen LogP contribution < -0.4 is 5.32 Å². The topological polar surface area (TPSA) is 75.8 Å². The molecule has 0 amide bonds. The molecular weight excluding hydrogens is 469 g/mol. The van der Waals surface area contributed by atoms with Gasteiger partial charge >= 0.3 is 0 Å². The molecule has 28 heavy (non-hydrogen) atoms. The van der Waals surface area contributed by atoms with E-state index in [9.17, 15) is 0 Å². The lowest BCUT2D eigenvalue weighted by molar-refractivity contribution is 0.0907. The average Bonchev–Trinajstić information content (AvgIpc) is 3.32. The summed E-state index contributed by atoms with van der Waals surface area (Å²) in [5.41, 5.74) is 1.22. The lowest BCUT2D eigenvalue weighted by Gasteiger charge is -2.21. The Morgan fingerprint density at radius 3 is 2.89 bits per heavy atom. The molecule has 1 N–H and O–H groups in total. The molecule has 7 nitrogen and oxygen atoms in total. The van der Waals surface area contributed by atoms with E-state index in [0.717, 1.165) is 51.5 Å². The van der Waals surface area contributed by atoms with Crippen LogP contribution in [-0.4, -0.2) is 54.3 Å². The van der Waals surface area contributed by atoms with Gasteiger partial charge < -0.3 is 19.5 Å². The van der Waals surface area contributed by atoms with Crippen LogP contribution in [0, 0.1) is 12.8 Å². The smallest absolute Gasteiger partial charge is 0.226 e. The Morgan fingerprint density at radius 2 is 2.18 bits per heavy atom. The van der Waals surface area contributed by atoms with E-state index in [1.165, 1.54) is 5.56 Å². The first kappa shape index (κ1) is 22.6. The summed E-state index contributed by atoms with van der Waals surface area (Å²) in [7, 11) is 1.84. The summed E-state index contributed by atoms with van der Waals surface area (Å²) in [5, 5.41) is 7.25. The first-order valence-corrected chi connectivity index (χ1v) is 9.61. The second-order valence-electron chi connectivity index (χ2n) is 6.91. The van der Waals surface area contributed by atoms with Crippen molar-refractivity contribution in [3.63, 3.8) is 0 Å². The van der Waals surface area contributed by atoms with Crippen molar-refractivity contribution in [3.05, 3.63) is 47.6 Å². The molecule has 8 heteroatoms. The molecule has 1 aliphatic heterocycles. The zero-order valence-corrected chi connectivity index (χ0v) is 19.0. The van der Waals surface area contributed by atoms with Crippen LogP contribution in [0.4, 0.5) is 0 Å². The predicted octanol–water partition coefficient (Wildman–Crippen LogP) is 3.04. The molecule has 1 aliphatic rings. The largest absolute Gasteiger partial charge is 0.376 e. The number of aryl methyl sites for hydroxylation is 2. The summed E-state index contributed by atoms with van der Waals surface area (Å²) >= 11 is 0. The van der Waals surface area contributed by atoms with E-state index in [1.54, 1.807) is 0 Å².